The number of fused-ring (bicyclic) bond motifs is 2. The van der Waals surface area contributed by atoms with E-state index in [2.05, 4.69) is 11.4 Å². The number of ether oxygens (including phenoxy) is 1. The van der Waals surface area contributed by atoms with Crippen LogP contribution >= 0.6 is 0 Å². The molecule has 0 fully saturated rings. The molecule has 1 unspecified atom stereocenters. The Morgan fingerprint density at radius 2 is 1.35 bits per heavy atom. The normalized spacial score (nSPS) is 12.0. The maximum absolute atomic E-state index is 12.5. The molecule has 0 saturated carbocycles. The Bertz CT molecular complexity index is 1090. The van der Waals surface area contributed by atoms with Gasteiger partial charge in [0.25, 0.3) is 5.91 Å². The summed E-state index contributed by atoms with van der Waals surface area (Å²) in [6.45, 7) is 1.76. The first-order valence-electron chi connectivity index (χ1n) is 8.64. The zero-order valence-electron chi connectivity index (χ0n) is 14.5. The lowest BCUT2D eigenvalue weighted by Crippen LogP contribution is -2.30. The lowest BCUT2D eigenvalue weighted by atomic mass is 10.1. The van der Waals surface area contributed by atoms with Crippen LogP contribution in [0.15, 0.2) is 84.9 Å². The van der Waals surface area contributed by atoms with Gasteiger partial charge in [-0.1, -0.05) is 60.7 Å². The smallest absolute Gasteiger partial charge is 0.265 e. The Morgan fingerprint density at radius 3 is 2.04 bits per heavy atom. The summed E-state index contributed by atoms with van der Waals surface area (Å²) in [4.78, 5) is 12.5. The van der Waals surface area contributed by atoms with E-state index in [4.69, 9.17) is 4.74 Å². The number of rotatable bonds is 4. The fourth-order valence-electron chi connectivity index (χ4n) is 3.01. The Hall–Kier alpha value is -3.33. The first-order valence-corrected chi connectivity index (χ1v) is 8.64. The zero-order chi connectivity index (χ0) is 17.9. The number of anilines is 1. The minimum atomic E-state index is -0.595. The summed E-state index contributed by atoms with van der Waals surface area (Å²) in [6, 6.07) is 27.8. The van der Waals surface area contributed by atoms with Gasteiger partial charge < -0.3 is 10.1 Å². The van der Waals surface area contributed by atoms with E-state index < -0.39 is 6.10 Å². The van der Waals surface area contributed by atoms with Gasteiger partial charge in [-0.3, -0.25) is 4.79 Å². The average molecular weight is 341 g/mol. The van der Waals surface area contributed by atoms with E-state index in [-0.39, 0.29) is 5.91 Å². The van der Waals surface area contributed by atoms with E-state index in [1.54, 1.807) is 6.92 Å². The molecule has 0 aliphatic rings. The molecule has 1 amide bonds. The fraction of sp³-hybridized carbons (Fsp3) is 0.0870. The highest BCUT2D eigenvalue weighted by Gasteiger charge is 2.15. The molecule has 4 aromatic rings. The molecular formula is C23H19NO2. The summed E-state index contributed by atoms with van der Waals surface area (Å²) in [5.74, 6) is 0.512. The highest BCUT2D eigenvalue weighted by atomic mass is 16.5. The molecule has 3 nitrogen and oxygen atoms in total. The van der Waals surface area contributed by atoms with Crippen LogP contribution in [0.2, 0.25) is 0 Å². The first-order chi connectivity index (χ1) is 12.7. The SMILES string of the molecule is CC(Oc1ccc2ccccc2c1)C(=O)Nc1ccc2ccccc2c1. The summed E-state index contributed by atoms with van der Waals surface area (Å²) in [7, 11) is 0. The van der Waals surface area contributed by atoms with Crippen molar-refractivity contribution < 1.29 is 9.53 Å². The van der Waals surface area contributed by atoms with E-state index in [1.807, 2.05) is 78.9 Å². The summed E-state index contributed by atoms with van der Waals surface area (Å²) < 4.78 is 5.83. The maximum Gasteiger partial charge on any atom is 0.265 e. The predicted molar refractivity (Wildman–Crippen MR) is 107 cm³/mol. The third-order valence-electron chi connectivity index (χ3n) is 4.42. The van der Waals surface area contributed by atoms with Crippen molar-refractivity contribution in [3.8, 4) is 5.75 Å². The van der Waals surface area contributed by atoms with Crippen molar-refractivity contribution in [1.82, 2.24) is 0 Å². The van der Waals surface area contributed by atoms with Crippen LogP contribution in [0.1, 0.15) is 6.92 Å². The predicted octanol–water partition coefficient (Wildman–Crippen LogP) is 5.40. The first kappa shape index (κ1) is 16.2. The van der Waals surface area contributed by atoms with E-state index in [9.17, 15) is 4.79 Å². The Balaban J connectivity index is 1.47. The van der Waals surface area contributed by atoms with Gasteiger partial charge in [0.15, 0.2) is 6.10 Å². The summed E-state index contributed by atoms with van der Waals surface area (Å²) in [6.07, 6.45) is -0.595. The Kier molecular flexibility index (Phi) is 4.28. The number of hydrogen-bond acceptors (Lipinski definition) is 2. The van der Waals surface area contributed by atoms with Crippen LogP contribution in [0.5, 0.6) is 5.75 Å². The molecule has 0 aliphatic carbocycles. The molecule has 0 saturated heterocycles. The molecule has 0 heterocycles. The number of carbonyl (C=O) groups is 1. The molecule has 1 N–H and O–H groups in total. The number of carbonyl (C=O) groups excluding carboxylic acids is 1. The van der Waals surface area contributed by atoms with Gasteiger partial charge in [-0.05, 0) is 52.7 Å². The Morgan fingerprint density at radius 1 is 0.769 bits per heavy atom. The van der Waals surface area contributed by atoms with Gasteiger partial charge >= 0.3 is 0 Å². The second-order valence-corrected chi connectivity index (χ2v) is 6.32. The van der Waals surface area contributed by atoms with Crippen LogP contribution in [0.3, 0.4) is 0 Å². The van der Waals surface area contributed by atoms with E-state index in [0.29, 0.717) is 5.75 Å². The van der Waals surface area contributed by atoms with E-state index in [1.165, 1.54) is 0 Å². The van der Waals surface area contributed by atoms with Crippen LogP contribution in [0.25, 0.3) is 21.5 Å². The largest absolute Gasteiger partial charge is 0.481 e. The van der Waals surface area contributed by atoms with Gasteiger partial charge in [-0.25, -0.2) is 0 Å². The molecule has 4 aromatic carbocycles. The second-order valence-electron chi connectivity index (χ2n) is 6.32. The fourth-order valence-corrected chi connectivity index (χ4v) is 3.01. The van der Waals surface area contributed by atoms with Crippen molar-refractivity contribution in [3.05, 3.63) is 84.9 Å². The van der Waals surface area contributed by atoms with Crippen LogP contribution in [0, 0.1) is 0 Å². The van der Waals surface area contributed by atoms with Crippen LogP contribution in [0.4, 0.5) is 5.69 Å². The Labute approximate surface area is 152 Å². The number of hydrogen-bond donors (Lipinski definition) is 1. The quantitative estimate of drug-likeness (QED) is 0.540. The third kappa shape index (κ3) is 3.38. The summed E-state index contributed by atoms with van der Waals surface area (Å²) in [5.41, 5.74) is 0.766. The molecule has 0 spiro atoms. The summed E-state index contributed by atoms with van der Waals surface area (Å²) in [5, 5.41) is 7.40. The van der Waals surface area contributed by atoms with E-state index in [0.717, 1.165) is 27.2 Å². The molecule has 26 heavy (non-hydrogen) atoms. The minimum absolute atomic E-state index is 0.173. The van der Waals surface area contributed by atoms with Gasteiger partial charge in [0, 0.05) is 5.69 Å². The lowest BCUT2D eigenvalue weighted by molar-refractivity contribution is -0.122. The van der Waals surface area contributed by atoms with E-state index >= 15 is 0 Å². The number of benzene rings is 4. The molecule has 128 valence electrons. The van der Waals surface area contributed by atoms with Crippen LogP contribution in [-0.2, 0) is 4.79 Å². The zero-order valence-corrected chi connectivity index (χ0v) is 14.5. The van der Waals surface area contributed by atoms with Crippen molar-refractivity contribution >= 4 is 33.1 Å². The minimum Gasteiger partial charge on any atom is -0.481 e. The number of nitrogens with one attached hydrogen (secondary N) is 1. The van der Waals surface area contributed by atoms with Crippen molar-refractivity contribution in [2.24, 2.45) is 0 Å². The molecule has 0 aliphatic heterocycles. The topological polar surface area (TPSA) is 38.3 Å². The van der Waals surface area contributed by atoms with Gasteiger partial charge in [-0.15, -0.1) is 0 Å². The van der Waals surface area contributed by atoms with Crippen molar-refractivity contribution in [3.63, 3.8) is 0 Å². The standard InChI is InChI=1S/C23H19NO2/c1-16(26-22-13-11-18-7-3-5-9-20(18)15-22)23(25)24-21-12-10-17-6-2-4-8-19(17)14-21/h2-16H,1H3,(H,24,25). The van der Waals surface area contributed by atoms with Crippen molar-refractivity contribution in [2.75, 3.05) is 5.32 Å². The molecule has 0 bridgehead atoms. The van der Waals surface area contributed by atoms with Gasteiger partial charge in [0.1, 0.15) is 5.75 Å². The van der Waals surface area contributed by atoms with Gasteiger partial charge in [0.2, 0.25) is 0 Å². The molecule has 4 rings (SSSR count). The highest BCUT2D eigenvalue weighted by Crippen LogP contribution is 2.22. The molecule has 0 radical (unpaired) electrons. The third-order valence-corrected chi connectivity index (χ3v) is 4.42. The number of amides is 1. The van der Waals surface area contributed by atoms with Crippen molar-refractivity contribution in [1.29, 1.82) is 0 Å². The monoisotopic (exact) mass is 341 g/mol. The van der Waals surface area contributed by atoms with Crippen LogP contribution < -0.4 is 10.1 Å². The lowest BCUT2D eigenvalue weighted by Gasteiger charge is -2.15. The maximum atomic E-state index is 12.5. The second kappa shape index (κ2) is 6.89. The average Bonchev–Trinajstić information content (AvgIpc) is 2.67. The highest BCUT2D eigenvalue weighted by molar-refractivity contribution is 5.96. The summed E-state index contributed by atoms with van der Waals surface area (Å²) >= 11 is 0. The molecule has 1 atom stereocenters. The van der Waals surface area contributed by atoms with Gasteiger partial charge in [0.05, 0.1) is 0 Å². The van der Waals surface area contributed by atoms with Crippen molar-refractivity contribution in [2.45, 2.75) is 13.0 Å². The molecule has 3 heteroatoms. The molecular weight excluding hydrogens is 322 g/mol. The molecule has 0 aromatic heterocycles. The van der Waals surface area contributed by atoms with Crippen LogP contribution in [-0.4, -0.2) is 12.0 Å². The van der Waals surface area contributed by atoms with Gasteiger partial charge in [-0.2, -0.15) is 0 Å².